The van der Waals surface area contributed by atoms with Crippen molar-refractivity contribution in [3.63, 3.8) is 0 Å². The molecule has 0 atom stereocenters. The summed E-state index contributed by atoms with van der Waals surface area (Å²) in [6.45, 7) is 3.22. The summed E-state index contributed by atoms with van der Waals surface area (Å²) in [7, 11) is -4.11. The summed E-state index contributed by atoms with van der Waals surface area (Å²) in [5.74, 6) is -0.595. The number of sulfone groups is 1. The molecule has 2 heterocycles. The third-order valence-electron chi connectivity index (χ3n) is 5.05. The highest BCUT2D eigenvalue weighted by molar-refractivity contribution is 7.96. The van der Waals surface area contributed by atoms with Crippen molar-refractivity contribution in [1.82, 2.24) is 5.32 Å². The molecule has 0 aromatic heterocycles. The van der Waals surface area contributed by atoms with Gasteiger partial charge in [0.25, 0.3) is 5.91 Å². The zero-order valence-electron chi connectivity index (χ0n) is 15.9. The van der Waals surface area contributed by atoms with Gasteiger partial charge in [-0.05, 0) is 55.7 Å². The van der Waals surface area contributed by atoms with Crippen LogP contribution in [0, 0.1) is 5.82 Å². The molecule has 4 rings (SSSR count). The first-order chi connectivity index (χ1) is 13.9. The van der Waals surface area contributed by atoms with E-state index < -0.39 is 21.6 Å². The molecule has 0 radical (unpaired) electrons. The highest BCUT2D eigenvalue weighted by Crippen LogP contribution is 2.43. The maximum absolute atomic E-state index is 13.8. The Morgan fingerprint density at radius 3 is 2.69 bits per heavy atom. The van der Waals surface area contributed by atoms with Crippen molar-refractivity contribution in [3.8, 4) is 5.75 Å². The van der Waals surface area contributed by atoms with Crippen LogP contribution in [0.4, 0.5) is 10.1 Å². The minimum atomic E-state index is -4.11. The van der Waals surface area contributed by atoms with Gasteiger partial charge >= 0.3 is 0 Å². The van der Waals surface area contributed by atoms with Crippen LogP contribution in [0.3, 0.4) is 0 Å². The number of rotatable bonds is 5. The van der Waals surface area contributed by atoms with Gasteiger partial charge in [-0.1, -0.05) is 12.1 Å². The molecule has 1 N–H and O–H groups in total. The van der Waals surface area contributed by atoms with Gasteiger partial charge in [-0.3, -0.25) is 4.79 Å². The number of benzene rings is 2. The van der Waals surface area contributed by atoms with Gasteiger partial charge in [0.05, 0.1) is 17.2 Å². The number of nitrogens with one attached hydrogen (secondary N) is 1. The normalized spacial score (nSPS) is 17.0. The first kappa shape index (κ1) is 19.4. The number of hydrogen-bond acceptors (Lipinski definition) is 5. The second kappa shape index (κ2) is 7.51. The van der Waals surface area contributed by atoms with Crippen molar-refractivity contribution < 1.29 is 22.3 Å². The van der Waals surface area contributed by atoms with E-state index in [1.807, 2.05) is 24.0 Å². The summed E-state index contributed by atoms with van der Waals surface area (Å²) in [6.07, 6.45) is 1.22. The molecule has 0 spiro atoms. The van der Waals surface area contributed by atoms with Gasteiger partial charge in [-0.2, -0.15) is 0 Å². The molecule has 29 heavy (non-hydrogen) atoms. The number of nitrogens with zero attached hydrogens (tertiary/aromatic N) is 1. The maximum atomic E-state index is 13.8. The number of amides is 1. The van der Waals surface area contributed by atoms with Gasteiger partial charge in [0.15, 0.2) is 4.91 Å². The lowest BCUT2D eigenvalue weighted by Gasteiger charge is -2.30. The van der Waals surface area contributed by atoms with E-state index in [9.17, 15) is 17.6 Å². The molecule has 0 unspecified atom stereocenters. The van der Waals surface area contributed by atoms with E-state index in [2.05, 4.69) is 5.32 Å². The van der Waals surface area contributed by atoms with Crippen molar-refractivity contribution >= 4 is 21.4 Å². The molecule has 8 heteroatoms. The molecule has 1 amide bonds. The molecule has 0 aliphatic carbocycles. The molecule has 6 nitrogen and oxygen atoms in total. The molecule has 152 valence electrons. The number of anilines is 1. The lowest BCUT2D eigenvalue weighted by atomic mass is 10.2. The van der Waals surface area contributed by atoms with Crippen LogP contribution in [-0.4, -0.2) is 27.5 Å². The van der Waals surface area contributed by atoms with E-state index in [0.717, 1.165) is 23.8 Å². The predicted molar refractivity (Wildman–Crippen MR) is 107 cm³/mol. The number of carbonyl (C=O) groups is 1. The molecule has 2 aromatic rings. The van der Waals surface area contributed by atoms with Crippen LogP contribution in [0.15, 0.2) is 58.0 Å². The van der Waals surface area contributed by atoms with Gasteiger partial charge < -0.3 is 15.0 Å². The van der Waals surface area contributed by atoms with Crippen LogP contribution in [0.5, 0.6) is 5.75 Å². The Hall–Kier alpha value is -2.87. The summed E-state index contributed by atoms with van der Waals surface area (Å²) in [5, 5.41) is 2.70. The maximum Gasteiger partial charge on any atom is 0.265 e. The molecule has 1 saturated heterocycles. The zero-order valence-corrected chi connectivity index (χ0v) is 16.8. The number of allylic oxidation sites excluding steroid dienone is 1. The minimum Gasteiger partial charge on any atom is -0.494 e. The minimum absolute atomic E-state index is 0.158. The van der Waals surface area contributed by atoms with Gasteiger partial charge in [-0.15, -0.1) is 0 Å². The Labute approximate surface area is 168 Å². The number of carbonyl (C=O) groups excluding carboxylic acids is 1. The Morgan fingerprint density at radius 2 is 1.97 bits per heavy atom. The van der Waals surface area contributed by atoms with E-state index in [-0.39, 0.29) is 16.3 Å². The van der Waals surface area contributed by atoms with Crippen molar-refractivity contribution in [1.29, 1.82) is 0 Å². The molecule has 2 aliphatic rings. The van der Waals surface area contributed by atoms with Crippen LogP contribution < -0.4 is 15.0 Å². The van der Waals surface area contributed by atoms with Crippen LogP contribution in [-0.2, 0) is 21.2 Å². The Bertz CT molecular complexity index is 1090. The molecule has 2 aliphatic heterocycles. The number of hydrogen-bond donors (Lipinski definition) is 1. The van der Waals surface area contributed by atoms with Gasteiger partial charge in [0.1, 0.15) is 11.6 Å². The fourth-order valence-corrected chi connectivity index (χ4v) is 5.53. The average molecular weight is 416 g/mol. The third kappa shape index (κ3) is 3.48. The van der Waals surface area contributed by atoms with Crippen LogP contribution >= 0.6 is 0 Å². The Kier molecular flexibility index (Phi) is 5.04. The molecular formula is C21H21FN2O4S. The van der Waals surface area contributed by atoms with Crippen molar-refractivity contribution in [3.05, 3.63) is 64.4 Å². The quantitative estimate of drug-likeness (QED) is 0.811. The van der Waals surface area contributed by atoms with Crippen LogP contribution in [0.25, 0.3) is 0 Å². The van der Waals surface area contributed by atoms with Crippen LogP contribution in [0.1, 0.15) is 25.3 Å². The molecular weight excluding hydrogens is 395 g/mol. The number of ether oxygens (including phenoxy) is 1. The lowest BCUT2D eigenvalue weighted by Crippen LogP contribution is -2.35. The van der Waals surface area contributed by atoms with Gasteiger partial charge in [-0.25, -0.2) is 12.8 Å². The first-order valence-electron chi connectivity index (χ1n) is 9.47. The number of halogens is 1. The standard InChI is InChI=1S/C21H21FN2O4S/c1-2-28-16-8-5-14(6-9-16)13-23-21(25)20-18-4-3-11-24(18)17-10-7-15(22)12-19(17)29(20,26)27/h5-10,12H,2-4,11,13H2,1H3,(H,23,25). The molecule has 0 bridgehead atoms. The van der Waals surface area contributed by atoms with E-state index >= 15 is 0 Å². The van der Waals surface area contributed by atoms with Crippen molar-refractivity contribution in [2.75, 3.05) is 18.1 Å². The van der Waals surface area contributed by atoms with Crippen LogP contribution in [0.2, 0.25) is 0 Å². The van der Waals surface area contributed by atoms with Crippen molar-refractivity contribution in [2.45, 2.75) is 31.2 Å². The summed E-state index contributed by atoms with van der Waals surface area (Å²) >= 11 is 0. The van der Waals surface area contributed by atoms with Gasteiger partial charge in [0, 0.05) is 18.8 Å². The van der Waals surface area contributed by atoms with E-state index in [4.69, 9.17) is 4.74 Å². The fraction of sp³-hybridized carbons (Fsp3) is 0.286. The summed E-state index contributed by atoms with van der Waals surface area (Å²) in [5.41, 5.74) is 1.73. The summed E-state index contributed by atoms with van der Waals surface area (Å²) in [4.78, 5) is 14.3. The largest absolute Gasteiger partial charge is 0.494 e. The van der Waals surface area contributed by atoms with Crippen molar-refractivity contribution in [2.24, 2.45) is 0 Å². The van der Waals surface area contributed by atoms with E-state index in [1.54, 1.807) is 12.1 Å². The SMILES string of the molecule is CCOc1ccc(CNC(=O)C2=C3CCCN3c3ccc(F)cc3S2(=O)=O)cc1. The van der Waals surface area contributed by atoms with Gasteiger partial charge in [0.2, 0.25) is 9.84 Å². The highest BCUT2D eigenvalue weighted by Gasteiger charge is 2.41. The monoisotopic (exact) mass is 416 g/mol. The second-order valence-corrected chi connectivity index (χ2v) is 8.76. The second-order valence-electron chi connectivity index (χ2n) is 6.91. The fourth-order valence-electron chi connectivity index (χ4n) is 3.75. The average Bonchev–Trinajstić information content (AvgIpc) is 3.16. The Balaban J connectivity index is 1.62. The summed E-state index contributed by atoms with van der Waals surface area (Å²) < 4.78 is 45.4. The predicted octanol–water partition coefficient (Wildman–Crippen LogP) is 3.14. The highest BCUT2D eigenvalue weighted by atomic mass is 32.2. The smallest absolute Gasteiger partial charge is 0.265 e. The first-order valence-corrected chi connectivity index (χ1v) is 11.0. The van der Waals surface area contributed by atoms with E-state index in [1.165, 1.54) is 12.1 Å². The topological polar surface area (TPSA) is 75.7 Å². The zero-order chi connectivity index (χ0) is 20.6. The molecule has 2 aromatic carbocycles. The molecule has 1 fully saturated rings. The summed E-state index contributed by atoms with van der Waals surface area (Å²) in [6, 6.07) is 10.9. The van der Waals surface area contributed by atoms with E-state index in [0.29, 0.717) is 31.0 Å². The molecule has 0 saturated carbocycles. The number of fused-ring (bicyclic) bond motifs is 3. The Morgan fingerprint density at radius 1 is 1.21 bits per heavy atom. The lowest BCUT2D eigenvalue weighted by molar-refractivity contribution is -0.117. The third-order valence-corrected chi connectivity index (χ3v) is 6.91.